The summed E-state index contributed by atoms with van der Waals surface area (Å²) in [6.45, 7) is 0. The van der Waals surface area contributed by atoms with Crippen molar-refractivity contribution in [2.24, 2.45) is 0 Å². The fraction of sp³-hybridized carbons (Fsp3) is 0.333. The summed E-state index contributed by atoms with van der Waals surface area (Å²) in [6, 6.07) is 4.09. The first kappa shape index (κ1) is 11.2. The van der Waals surface area contributed by atoms with Crippen molar-refractivity contribution >= 4 is 5.97 Å². The smallest absolute Gasteiger partial charge is 0.371 e. The molecule has 0 aliphatic heterocycles. The summed E-state index contributed by atoms with van der Waals surface area (Å²) >= 11 is 0. The molecule has 0 aliphatic rings. The second-order valence-electron chi connectivity index (χ2n) is 2.88. The third kappa shape index (κ3) is 2.56. The van der Waals surface area contributed by atoms with E-state index in [9.17, 15) is 15.0 Å². The van der Waals surface area contributed by atoms with Crippen molar-refractivity contribution in [1.82, 2.24) is 0 Å². The second kappa shape index (κ2) is 4.59. The number of carbonyl (C=O) groups is 1. The third-order valence-corrected chi connectivity index (χ3v) is 1.79. The van der Waals surface area contributed by atoms with Crippen LogP contribution in [-0.2, 0) is 0 Å². The van der Waals surface area contributed by atoms with Crippen molar-refractivity contribution < 1.29 is 24.5 Å². The Bertz CT molecular complexity index is 391. The molecule has 0 radical (unpaired) electrons. The lowest BCUT2D eigenvalue weighted by atomic mass is 10.1. The molecule has 1 heterocycles. The van der Waals surface area contributed by atoms with E-state index in [0.717, 1.165) is 0 Å². The summed E-state index contributed by atoms with van der Waals surface area (Å²) in [5.74, 6) is -1.66. The first-order valence-corrected chi connectivity index (χ1v) is 4.12. The van der Waals surface area contributed by atoms with E-state index in [1.807, 2.05) is 0 Å². The minimum Gasteiger partial charge on any atom is -0.475 e. The molecule has 0 spiro atoms. The van der Waals surface area contributed by atoms with E-state index >= 15 is 0 Å². The van der Waals surface area contributed by atoms with Crippen LogP contribution in [-0.4, -0.2) is 27.4 Å². The van der Waals surface area contributed by atoms with Gasteiger partial charge in [-0.1, -0.05) is 0 Å². The summed E-state index contributed by atoms with van der Waals surface area (Å²) in [5, 5.41) is 35.5. The highest BCUT2D eigenvalue weighted by Gasteiger charge is 2.22. The van der Waals surface area contributed by atoms with Crippen LogP contribution in [0.25, 0.3) is 0 Å². The summed E-state index contributed by atoms with van der Waals surface area (Å²) in [7, 11) is 0. The van der Waals surface area contributed by atoms with E-state index in [1.54, 1.807) is 6.07 Å². The number of aromatic carboxylic acids is 1. The largest absolute Gasteiger partial charge is 0.475 e. The Labute approximate surface area is 85.0 Å². The molecule has 0 amide bonds. The number of nitrogens with zero attached hydrogens (tertiary/aromatic N) is 1. The van der Waals surface area contributed by atoms with Crippen LogP contribution in [0.15, 0.2) is 16.5 Å². The van der Waals surface area contributed by atoms with Gasteiger partial charge in [0.15, 0.2) is 0 Å². The number of aliphatic hydroxyl groups is 2. The van der Waals surface area contributed by atoms with Crippen molar-refractivity contribution in [1.29, 1.82) is 5.26 Å². The molecule has 1 aromatic heterocycles. The molecule has 80 valence electrons. The molecule has 1 aromatic rings. The van der Waals surface area contributed by atoms with Crippen molar-refractivity contribution in [3.8, 4) is 6.07 Å². The minimum absolute atomic E-state index is 0.0739. The first-order chi connectivity index (χ1) is 7.06. The van der Waals surface area contributed by atoms with Crippen LogP contribution in [0.3, 0.4) is 0 Å². The normalized spacial score (nSPS) is 14.2. The Balaban J connectivity index is 2.78. The molecule has 0 aliphatic carbocycles. The highest BCUT2D eigenvalue weighted by atomic mass is 16.4. The Kier molecular flexibility index (Phi) is 3.44. The number of carboxylic acid groups (broad SMARTS) is 1. The lowest BCUT2D eigenvalue weighted by molar-refractivity contribution is 0.00751. The standard InChI is InChI=1S/C9H9NO5/c10-4-3-5(11)8(12)6-1-2-7(15-6)9(13)14/h1-2,5,8,11-12H,3H2,(H,13,14). The van der Waals surface area contributed by atoms with Crippen LogP contribution >= 0.6 is 0 Å². The van der Waals surface area contributed by atoms with Gasteiger partial charge in [-0.05, 0) is 12.1 Å². The molecule has 2 unspecified atom stereocenters. The maximum atomic E-state index is 10.4. The van der Waals surface area contributed by atoms with Gasteiger partial charge >= 0.3 is 5.97 Å². The Morgan fingerprint density at radius 1 is 1.53 bits per heavy atom. The van der Waals surface area contributed by atoms with Crippen molar-refractivity contribution in [2.45, 2.75) is 18.6 Å². The molecular weight excluding hydrogens is 202 g/mol. The van der Waals surface area contributed by atoms with Gasteiger partial charge in [-0.25, -0.2) is 4.79 Å². The highest BCUT2D eigenvalue weighted by molar-refractivity contribution is 5.84. The van der Waals surface area contributed by atoms with Crippen molar-refractivity contribution in [3.63, 3.8) is 0 Å². The molecule has 3 N–H and O–H groups in total. The molecule has 15 heavy (non-hydrogen) atoms. The van der Waals surface area contributed by atoms with Gasteiger partial charge in [-0.2, -0.15) is 5.26 Å². The van der Waals surface area contributed by atoms with E-state index in [0.29, 0.717) is 0 Å². The highest BCUT2D eigenvalue weighted by Crippen LogP contribution is 2.21. The molecule has 0 saturated heterocycles. The van der Waals surface area contributed by atoms with E-state index in [1.165, 1.54) is 12.1 Å². The topological polar surface area (TPSA) is 115 Å². The zero-order valence-electron chi connectivity index (χ0n) is 7.62. The molecule has 0 fully saturated rings. The van der Waals surface area contributed by atoms with Crippen LogP contribution in [0, 0.1) is 11.3 Å². The lowest BCUT2D eigenvalue weighted by Crippen LogP contribution is -2.16. The van der Waals surface area contributed by atoms with E-state index in [-0.39, 0.29) is 17.9 Å². The summed E-state index contributed by atoms with van der Waals surface area (Å²) in [5.41, 5.74) is 0. The quantitative estimate of drug-likeness (QED) is 0.659. The number of hydrogen-bond acceptors (Lipinski definition) is 5. The predicted molar refractivity (Wildman–Crippen MR) is 46.9 cm³/mol. The molecule has 6 nitrogen and oxygen atoms in total. The zero-order chi connectivity index (χ0) is 11.4. The van der Waals surface area contributed by atoms with E-state index in [2.05, 4.69) is 0 Å². The Morgan fingerprint density at radius 2 is 2.20 bits per heavy atom. The molecule has 2 atom stereocenters. The lowest BCUT2D eigenvalue weighted by Gasteiger charge is -2.11. The predicted octanol–water partition coefficient (Wildman–Crippen LogP) is 0.286. The molecular formula is C9H9NO5. The summed E-state index contributed by atoms with van der Waals surface area (Å²) in [4.78, 5) is 10.4. The average Bonchev–Trinajstić information content (AvgIpc) is 2.65. The van der Waals surface area contributed by atoms with Crippen LogP contribution in [0.5, 0.6) is 0 Å². The van der Waals surface area contributed by atoms with E-state index in [4.69, 9.17) is 14.8 Å². The number of aliphatic hydroxyl groups excluding tert-OH is 2. The third-order valence-electron chi connectivity index (χ3n) is 1.79. The number of rotatable bonds is 4. The number of nitriles is 1. The minimum atomic E-state index is -1.39. The Morgan fingerprint density at radius 3 is 2.67 bits per heavy atom. The van der Waals surface area contributed by atoms with Gasteiger partial charge in [0.25, 0.3) is 0 Å². The molecule has 1 rings (SSSR count). The number of furan rings is 1. The van der Waals surface area contributed by atoms with Crippen LogP contribution < -0.4 is 0 Å². The van der Waals surface area contributed by atoms with Gasteiger partial charge in [-0.3, -0.25) is 0 Å². The zero-order valence-corrected chi connectivity index (χ0v) is 7.62. The van der Waals surface area contributed by atoms with Gasteiger partial charge < -0.3 is 19.7 Å². The molecule has 0 aromatic carbocycles. The van der Waals surface area contributed by atoms with Crippen LogP contribution in [0.2, 0.25) is 0 Å². The molecule has 0 saturated carbocycles. The van der Waals surface area contributed by atoms with Gasteiger partial charge in [0, 0.05) is 0 Å². The van der Waals surface area contributed by atoms with Crippen LogP contribution in [0.1, 0.15) is 28.8 Å². The maximum absolute atomic E-state index is 10.4. The second-order valence-corrected chi connectivity index (χ2v) is 2.88. The van der Waals surface area contributed by atoms with Gasteiger partial charge in [0.1, 0.15) is 18.0 Å². The van der Waals surface area contributed by atoms with E-state index < -0.39 is 18.2 Å². The van der Waals surface area contributed by atoms with Gasteiger partial charge in [0.05, 0.1) is 12.5 Å². The SMILES string of the molecule is N#CCC(O)C(O)c1ccc(C(=O)O)o1. The maximum Gasteiger partial charge on any atom is 0.371 e. The summed E-state index contributed by atoms with van der Waals surface area (Å²) in [6.07, 6.45) is -2.94. The fourth-order valence-electron chi connectivity index (χ4n) is 1.02. The number of carboxylic acids is 1. The summed E-state index contributed by atoms with van der Waals surface area (Å²) < 4.78 is 4.76. The van der Waals surface area contributed by atoms with Crippen molar-refractivity contribution in [3.05, 3.63) is 23.7 Å². The molecule has 0 bridgehead atoms. The average molecular weight is 211 g/mol. The van der Waals surface area contributed by atoms with Crippen LogP contribution in [0.4, 0.5) is 0 Å². The van der Waals surface area contributed by atoms with Crippen molar-refractivity contribution in [2.75, 3.05) is 0 Å². The number of hydrogen-bond donors (Lipinski definition) is 3. The first-order valence-electron chi connectivity index (χ1n) is 4.12. The monoisotopic (exact) mass is 211 g/mol. The molecule has 6 heteroatoms. The van der Waals surface area contributed by atoms with Gasteiger partial charge in [-0.15, -0.1) is 0 Å². The fourth-order valence-corrected chi connectivity index (χ4v) is 1.02. The Hall–Kier alpha value is -1.84. The van der Waals surface area contributed by atoms with Gasteiger partial charge in [0.2, 0.25) is 5.76 Å².